The minimum absolute atomic E-state index is 0.609. The standard InChI is InChI=1S/C22H19ClS/c23-17-16-21(24-20-14-8-3-9-15-20)22(18-10-4-1-5-11-18)19-12-6-2-7-13-19/h1-15H,16-17H2. The van der Waals surface area contributed by atoms with Gasteiger partial charge in [-0.1, -0.05) is 90.6 Å². The van der Waals surface area contributed by atoms with E-state index in [-0.39, 0.29) is 0 Å². The summed E-state index contributed by atoms with van der Waals surface area (Å²) < 4.78 is 0. The van der Waals surface area contributed by atoms with Crippen LogP contribution in [0, 0.1) is 0 Å². The van der Waals surface area contributed by atoms with E-state index >= 15 is 0 Å². The third-order valence-corrected chi connectivity index (χ3v) is 5.06. The molecule has 0 bridgehead atoms. The first-order valence-corrected chi connectivity index (χ1v) is 9.36. The Morgan fingerprint density at radius 1 is 0.667 bits per heavy atom. The molecule has 3 aromatic rings. The van der Waals surface area contributed by atoms with Gasteiger partial charge >= 0.3 is 0 Å². The van der Waals surface area contributed by atoms with Crippen LogP contribution in [0.1, 0.15) is 17.5 Å². The van der Waals surface area contributed by atoms with Gasteiger partial charge in [0.2, 0.25) is 0 Å². The first-order valence-electron chi connectivity index (χ1n) is 8.01. The van der Waals surface area contributed by atoms with Crippen LogP contribution >= 0.6 is 23.4 Å². The second-order valence-corrected chi connectivity index (χ2v) is 6.93. The number of alkyl halides is 1. The third kappa shape index (κ3) is 4.31. The van der Waals surface area contributed by atoms with Crippen molar-refractivity contribution in [2.75, 3.05) is 5.88 Å². The minimum atomic E-state index is 0.609. The molecular weight excluding hydrogens is 332 g/mol. The van der Waals surface area contributed by atoms with Crippen LogP contribution in [0.3, 0.4) is 0 Å². The molecule has 3 aromatic carbocycles. The average molecular weight is 351 g/mol. The third-order valence-electron chi connectivity index (χ3n) is 3.71. The predicted octanol–water partition coefficient (Wildman–Crippen LogP) is 6.87. The van der Waals surface area contributed by atoms with Gasteiger partial charge in [-0.25, -0.2) is 0 Å². The van der Waals surface area contributed by atoms with Crippen molar-refractivity contribution in [1.82, 2.24) is 0 Å². The number of allylic oxidation sites excluding steroid dienone is 1. The molecule has 0 spiro atoms. The molecule has 0 radical (unpaired) electrons. The van der Waals surface area contributed by atoms with Gasteiger partial charge in [-0.05, 0) is 40.2 Å². The fraction of sp³-hybridized carbons (Fsp3) is 0.0909. The molecule has 0 atom stereocenters. The van der Waals surface area contributed by atoms with Gasteiger partial charge in [0.05, 0.1) is 0 Å². The molecule has 0 aromatic heterocycles. The zero-order chi connectivity index (χ0) is 16.6. The second kappa shape index (κ2) is 8.77. The summed E-state index contributed by atoms with van der Waals surface area (Å²) >= 11 is 7.94. The maximum atomic E-state index is 6.13. The lowest BCUT2D eigenvalue weighted by molar-refractivity contribution is 1.21. The fourth-order valence-electron chi connectivity index (χ4n) is 2.64. The Labute approximate surface area is 153 Å². The molecule has 3 rings (SSSR count). The molecule has 0 aliphatic rings. The molecule has 0 aliphatic heterocycles. The summed E-state index contributed by atoms with van der Waals surface area (Å²) in [6.07, 6.45) is 0.847. The van der Waals surface area contributed by atoms with E-state index in [4.69, 9.17) is 11.6 Å². The molecule has 0 amide bonds. The van der Waals surface area contributed by atoms with E-state index in [1.165, 1.54) is 26.5 Å². The van der Waals surface area contributed by atoms with Crippen LogP contribution in [-0.2, 0) is 0 Å². The second-order valence-electron chi connectivity index (χ2n) is 5.38. The molecule has 0 aliphatic carbocycles. The first-order chi connectivity index (χ1) is 11.9. The van der Waals surface area contributed by atoms with Gasteiger partial charge in [-0.3, -0.25) is 0 Å². The van der Waals surface area contributed by atoms with Crippen molar-refractivity contribution < 1.29 is 0 Å². The predicted molar refractivity (Wildman–Crippen MR) is 107 cm³/mol. The van der Waals surface area contributed by atoms with Gasteiger partial charge in [-0.15, -0.1) is 11.6 Å². The molecule has 2 heteroatoms. The van der Waals surface area contributed by atoms with Crippen molar-refractivity contribution in [3.05, 3.63) is 107 Å². The van der Waals surface area contributed by atoms with E-state index in [9.17, 15) is 0 Å². The Bertz CT molecular complexity index is 738. The van der Waals surface area contributed by atoms with Crippen molar-refractivity contribution in [1.29, 1.82) is 0 Å². The van der Waals surface area contributed by atoms with Crippen LogP contribution < -0.4 is 0 Å². The van der Waals surface area contributed by atoms with Crippen LogP contribution in [0.25, 0.3) is 5.57 Å². The van der Waals surface area contributed by atoms with Gasteiger partial charge < -0.3 is 0 Å². The van der Waals surface area contributed by atoms with Gasteiger partial charge in [-0.2, -0.15) is 0 Å². The quantitative estimate of drug-likeness (QED) is 0.345. The van der Waals surface area contributed by atoms with E-state index in [0.29, 0.717) is 5.88 Å². The molecule has 0 nitrogen and oxygen atoms in total. The smallest absolute Gasteiger partial charge is 0.0269 e. The maximum absolute atomic E-state index is 6.13. The Kier molecular flexibility index (Phi) is 6.17. The zero-order valence-electron chi connectivity index (χ0n) is 13.4. The summed E-state index contributed by atoms with van der Waals surface area (Å²) in [6, 6.07) is 31.6. The summed E-state index contributed by atoms with van der Waals surface area (Å²) in [7, 11) is 0. The fourth-order valence-corrected chi connectivity index (χ4v) is 4.06. The lowest BCUT2D eigenvalue weighted by Gasteiger charge is -2.16. The van der Waals surface area contributed by atoms with Gasteiger partial charge in [0.1, 0.15) is 0 Å². The number of hydrogen-bond acceptors (Lipinski definition) is 1. The lowest BCUT2D eigenvalue weighted by Crippen LogP contribution is -1.94. The number of benzene rings is 3. The van der Waals surface area contributed by atoms with E-state index in [0.717, 1.165) is 6.42 Å². The number of halogens is 1. The highest BCUT2D eigenvalue weighted by molar-refractivity contribution is 8.03. The van der Waals surface area contributed by atoms with E-state index in [1.807, 2.05) is 6.07 Å². The maximum Gasteiger partial charge on any atom is 0.0269 e. The molecule has 0 unspecified atom stereocenters. The molecule has 0 saturated carbocycles. The number of rotatable bonds is 6. The summed E-state index contributed by atoms with van der Waals surface area (Å²) in [5.74, 6) is 0.609. The van der Waals surface area contributed by atoms with Crippen LogP contribution in [0.2, 0.25) is 0 Å². The Balaban J connectivity index is 2.13. The van der Waals surface area contributed by atoms with E-state index in [1.54, 1.807) is 11.8 Å². The Morgan fingerprint density at radius 2 is 1.12 bits per heavy atom. The summed E-state index contributed by atoms with van der Waals surface area (Å²) in [6.45, 7) is 0. The van der Waals surface area contributed by atoms with Gasteiger partial charge in [0.15, 0.2) is 0 Å². The Morgan fingerprint density at radius 3 is 1.58 bits per heavy atom. The van der Waals surface area contributed by atoms with Crippen molar-refractivity contribution in [2.24, 2.45) is 0 Å². The lowest BCUT2D eigenvalue weighted by atomic mass is 9.97. The molecule has 0 saturated heterocycles. The van der Waals surface area contributed by atoms with Gasteiger partial charge in [0.25, 0.3) is 0 Å². The molecule has 0 N–H and O–H groups in total. The average Bonchev–Trinajstić information content (AvgIpc) is 2.65. The van der Waals surface area contributed by atoms with Gasteiger partial charge in [0, 0.05) is 10.8 Å². The van der Waals surface area contributed by atoms with Crippen molar-refractivity contribution >= 4 is 28.9 Å². The summed E-state index contributed by atoms with van der Waals surface area (Å²) in [5.41, 5.74) is 3.73. The number of hydrogen-bond donors (Lipinski definition) is 0. The summed E-state index contributed by atoms with van der Waals surface area (Å²) in [4.78, 5) is 2.54. The monoisotopic (exact) mass is 350 g/mol. The molecule has 24 heavy (non-hydrogen) atoms. The van der Waals surface area contributed by atoms with E-state index < -0.39 is 0 Å². The molecule has 0 fully saturated rings. The Hall–Kier alpha value is -1.96. The molecule has 120 valence electrons. The van der Waals surface area contributed by atoms with Crippen LogP contribution in [-0.4, -0.2) is 5.88 Å². The summed E-state index contributed by atoms with van der Waals surface area (Å²) in [5, 5.41) is 0. The molecule has 0 heterocycles. The van der Waals surface area contributed by atoms with E-state index in [2.05, 4.69) is 84.9 Å². The van der Waals surface area contributed by atoms with Crippen LogP contribution in [0.4, 0.5) is 0 Å². The SMILES string of the molecule is ClCCC(Sc1ccccc1)=C(c1ccccc1)c1ccccc1. The molecular formula is C22H19ClS. The van der Waals surface area contributed by atoms with Crippen molar-refractivity contribution in [3.63, 3.8) is 0 Å². The largest absolute Gasteiger partial charge is 0.126 e. The highest BCUT2D eigenvalue weighted by atomic mass is 35.5. The van der Waals surface area contributed by atoms with Crippen LogP contribution in [0.5, 0.6) is 0 Å². The van der Waals surface area contributed by atoms with Crippen molar-refractivity contribution in [3.8, 4) is 0 Å². The topological polar surface area (TPSA) is 0 Å². The minimum Gasteiger partial charge on any atom is -0.126 e. The normalized spacial score (nSPS) is 10.4. The number of thioether (sulfide) groups is 1. The van der Waals surface area contributed by atoms with Crippen molar-refractivity contribution in [2.45, 2.75) is 11.3 Å². The highest BCUT2D eigenvalue weighted by Gasteiger charge is 2.13. The first kappa shape index (κ1) is 16.9. The zero-order valence-corrected chi connectivity index (χ0v) is 14.9. The van der Waals surface area contributed by atoms with Crippen LogP contribution in [0.15, 0.2) is 101 Å². The highest BCUT2D eigenvalue weighted by Crippen LogP contribution is 2.38.